The van der Waals surface area contributed by atoms with E-state index in [0.29, 0.717) is 43.2 Å². The highest BCUT2D eigenvalue weighted by Gasteiger charge is 2.44. The molecule has 2 aromatic rings. The number of alkyl halides is 2. The van der Waals surface area contributed by atoms with Crippen LogP contribution in [0.1, 0.15) is 24.0 Å². The van der Waals surface area contributed by atoms with Gasteiger partial charge in [-0.25, -0.2) is 17.2 Å². The number of benzene rings is 2. The molecule has 2 saturated heterocycles. The summed E-state index contributed by atoms with van der Waals surface area (Å²) in [5.41, 5.74) is 6.04. The monoisotopic (exact) mass is 527 g/mol. The fraction of sp³-hybridized carbons (Fsp3) is 0.364. The van der Waals surface area contributed by atoms with Gasteiger partial charge in [0.05, 0.1) is 29.6 Å². The second-order valence-corrected chi connectivity index (χ2v) is 10.4. The fourth-order valence-corrected chi connectivity index (χ4v) is 6.16. The van der Waals surface area contributed by atoms with Crippen molar-refractivity contribution < 1.29 is 26.7 Å². The molecule has 0 radical (unpaired) electrons. The first kappa shape index (κ1) is 25.3. The Kier molecular flexibility index (Phi) is 7.27. The number of nitrogens with zero attached hydrogens (tertiary/aromatic N) is 2. The van der Waals surface area contributed by atoms with Gasteiger partial charge in [-0.05, 0) is 36.8 Å². The van der Waals surface area contributed by atoms with Crippen LogP contribution >= 0.6 is 11.6 Å². The molecule has 0 saturated carbocycles. The molecule has 2 aliphatic heterocycles. The van der Waals surface area contributed by atoms with Crippen LogP contribution < -0.4 is 16.0 Å². The van der Waals surface area contributed by atoms with Gasteiger partial charge < -0.3 is 26.1 Å². The number of ether oxygens (including phenoxy) is 1. The van der Waals surface area contributed by atoms with Crippen LogP contribution in [0, 0.1) is 5.41 Å². The Morgan fingerprint density at radius 2 is 1.94 bits per heavy atom. The third kappa shape index (κ3) is 4.96. The zero-order chi connectivity index (χ0) is 25.3. The highest BCUT2D eigenvalue weighted by molar-refractivity contribution is 7.89. The molecular weight excluding hydrogens is 504 g/mol. The van der Waals surface area contributed by atoms with E-state index in [-0.39, 0.29) is 24.2 Å². The number of nitrogen functional groups attached to an aromatic ring is 1. The van der Waals surface area contributed by atoms with Crippen LogP contribution in [0.25, 0.3) is 0 Å². The zero-order valence-corrected chi connectivity index (χ0v) is 20.1. The zero-order valence-electron chi connectivity index (χ0n) is 18.5. The van der Waals surface area contributed by atoms with Gasteiger partial charge in [0.2, 0.25) is 15.9 Å². The summed E-state index contributed by atoms with van der Waals surface area (Å²) in [7, 11) is -4.37. The van der Waals surface area contributed by atoms with Gasteiger partial charge in [-0.2, -0.15) is 4.31 Å². The van der Waals surface area contributed by atoms with Crippen LogP contribution in [0.3, 0.4) is 0 Å². The fourth-order valence-electron chi connectivity index (χ4n) is 4.04. The lowest BCUT2D eigenvalue weighted by atomic mass is 10.1. The van der Waals surface area contributed by atoms with E-state index in [9.17, 15) is 22.0 Å². The number of anilines is 3. The summed E-state index contributed by atoms with van der Waals surface area (Å²) >= 11 is 6.41. The predicted octanol–water partition coefficient (Wildman–Crippen LogP) is 3.10. The van der Waals surface area contributed by atoms with E-state index in [1.54, 1.807) is 18.2 Å². The smallest absolute Gasteiger partial charge is 0.263 e. The summed E-state index contributed by atoms with van der Waals surface area (Å²) in [5, 5.41) is 10.5. The van der Waals surface area contributed by atoms with Crippen LogP contribution in [0.15, 0.2) is 35.2 Å². The summed E-state index contributed by atoms with van der Waals surface area (Å²) in [6.07, 6.45) is -2.00. The van der Waals surface area contributed by atoms with Crippen molar-refractivity contribution in [3.05, 3.63) is 46.5 Å². The molecule has 1 atom stereocenters. The third-order valence-electron chi connectivity index (χ3n) is 6.03. The quantitative estimate of drug-likeness (QED) is 0.375. The van der Waals surface area contributed by atoms with Gasteiger partial charge in [-0.3, -0.25) is 4.79 Å². The molecule has 2 heterocycles. The number of hydrogen-bond donors (Lipinski definition) is 3. The van der Waals surface area contributed by atoms with E-state index in [4.69, 9.17) is 27.5 Å². The Labute approximate surface area is 206 Å². The second kappa shape index (κ2) is 10.1. The average Bonchev–Trinajstić information content (AvgIpc) is 2.78. The van der Waals surface area contributed by atoms with Gasteiger partial charge in [0.1, 0.15) is 10.9 Å². The number of carbonyl (C=O) groups excluding carboxylic acids is 1. The maximum atomic E-state index is 13.3. The third-order valence-corrected chi connectivity index (χ3v) is 8.28. The van der Waals surface area contributed by atoms with Crippen molar-refractivity contribution in [2.45, 2.75) is 23.8 Å². The molecule has 0 spiro atoms. The Bertz CT molecular complexity index is 1250. The first-order valence-corrected chi connectivity index (χ1v) is 12.6. The summed E-state index contributed by atoms with van der Waals surface area (Å²) < 4.78 is 59.3. The van der Waals surface area contributed by atoms with Crippen molar-refractivity contribution in [2.75, 3.05) is 48.8 Å². The first-order chi connectivity index (χ1) is 16.6. The number of nitrogens with one attached hydrogen (secondary N) is 2. The van der Waals surface area contributed by atoms with E-state index in [0.717, 1.165) is 22.1 Å². The minimum Gasteiger partial charge on any atom is -0.397 e. The lowest BCUT2D eigenvalue weighted by molar-refractivity contribution is -0.122. The van der Waals surface area contributed by atoms with Gasteiger partial charge in [0, 0.05) is 42.7 Å². The van der Waals surface area contributed by atoms with Gasteiger partial charge in [-0.1, -0.05) is 11.6 Å². The summed E-state index contributed by atoms with van der Waals surface area (Å²) in [6.45, 7) is 2.58. The molecule has 13 heteroatoms. The number of nitrogens with two attached hydrogens (primary N) is 1. The molecule has 9 nitrogen and oxygen atoms in total. The molecular formula is C22H24ClF2N5O4S. The topological polar surface area (TPSA) is 129 Å². The Morgan fingerprint density at radius 3 is 2.51 bits per heavy atom. The average molecular weight is 528 g/mol. The highest BCUT2D eigenvalue weighted by atomic mass is 35.5. The van der Waals surface area contributed by atoms with Gasteiger partial charge in [-0.15, -0.1) is 0 Å². The highest BCUT2D eigenvalue weighted by Crippen LogP contribution is 2.35. The minimum absolute atomic E-state index is 0.0232. The van der Waals surface area contributed by atoms with E-state index in [2.05, 4.69) is 10.2 Å². The van der Waals surface area contributed by atoms with Crippen LogP contribution in [0.4, 0.5) is 25.8 Å². The SMILES string of the molecule is N=Cc1cc(C(F)F)cc(S(=O)(=O)N2CCC2C(=O)Nc2ccc(N3CCOCC3)c(Cl)c2)c1N. The Hall–Kier alpha value is -2.80. The molecule has 2 aromatic carbocycles. The predicted molar refractivity (Wildman–Crippen MR) is 129 cm³/mol. The first-order valence-electron chi connectivity index (χ1n) is 10.8. The van der Waals surface area contributed by atoms with Crippen LogP contribution in [-0.4, -0.2) is 63.7 Å². The molecule has 0 bridgehead atoms. The number of halogens is 3. The molecule has 1 unspecified atom stereocenters. The maximum Gasteiger partial charge on any atom is 0.263 e. The van der Waals surface area contributed by atoms with Crippen molar-refractivity contribution in [1.29, 1.82) is 5.41 Å². The largest absolute Gasteiger partial charge is 0.397 e. The summed E-state index contributed by atoms with van der Waals surface area (Å²) in [4.78, 5) is 14.4. The lowest BCUT2D eigenvalue weighted by Crippen LogP contribution is -2.56. The van der Waals surface area contributed by atoms with Gasteiger partial charge >= 0.3 is 0 Å². The number of hydrogen-bond acceptors (Lipinski definition) is 7. The molecule has 0 aromatic heterocycles. The molecule has 188 valence electrons. The number of morpholine rings is 1. The maximum absolute atomic E-state index is 13.3. The van der Waals surface area contributed by atoms with E-state index in [1.165, 1.54) is 0 Å². The van der Waals surface area contributed by atoms with Crippen molar-refractivity contribution in [3.63, 3.8) is 0 Å². The lowest BCUT2D eigenvalue weighted by Gasteiger charge is -2.38. The Morgan fingerprint density at radius 1 is 1.23 bits per heavy atom. The molecule has 2 fully saturated rings. The van der Waals surface area contributed by atoms with Crippen molar-refractivity contribution in [2.24, 2.45) is 0 Å². The molecule has 1 amide bonds. The number of sulfonamides is 1. The molecule has 4 N–H and O–H groups in total. The molecule has 2 aliphatic rings. The van der Waals surface area contributed by atoms with Gasteiger partial charge in [0.25, 0.3) is 6.43 Å². The van der Waals surface area contributed by atoms with E-state index < -0.39 is 38.9 Å². The minimum atomic E-state index is -4.37. The summed E-state index contributed by atoms with van der Waals surface area (Å²) in [6, 6.07) is 5.75. The van der Waals surface area contributed by atoms with Crippen molar-refractivity contribution >= 4 is 50.8 Å². The molecule has 4 rings (SSSR count). The Balaban J connectivity index is 1.53. The van der Waals surface area contributed by atoms with Crippen molar-refractivity contribution in [3.8, 4) is 0 Å². The second-order valence-electron chi connectivity index (χ2n) is 8.14. The molecule has 0 aliphatic carbocycles. The van der Waals surface area contributed by atoms with Crippen LogP contribution in [0.5, 0.6) is 0 Å². The van der Waals surface area contributed by atoms with E-state index >= 15 is 0 Å². The number of amides is 1. The normalized spacial score (nSPS) is 18.9. The van der Waals surface area contributed by atoms with E-state index in [1.807, 2.05) is 0 Å². The molecule has 35 heavy (non-hydrogen) atoms. The van der Waals surface area contributed by atoms with Gasteiger partial charge in [0.15, 0.2) is 0 Å². The van der Waals surface area contributed by atoms with Crippen molar-refractivity contribution in [1.82, 2.24) is 4.31 Å². The number of rotatable bonds is 7. The van der Waals surface area contributed by atoms with Crippen LogP contribution in [-0.2, 0) is 19.6 Å². The van der Waals surface area contributed by atoms with Crippen LogP contribution in [0.2, 0.25) is 5.02 Å². The number of carbonyl (C=O) groups is 1. The summed E-state index contributed by atoms with van der Waals surface area (Å²) in [5.74, 6) is -0.578. The standard InChI is InChI=1S/C22H24ClF2N5O4S/c23-16-11-15(1-2-17(16)29-5-7-34-8-6-29)28-22(31)18-3-4-30(18)35(32,33)19-10-13(21(24)25)9-14(12-26)20(19)27/h1-2,9-12,18,21,26H,3-8,27H2,(H,28,31).